The predicted molar refractivity (Wildman–Crippen MR) is 73.9 cm³/mol. The third-order valence-electron chi connectivity index (χ3n) is 3.18. The number of aliphatic imine (C=N–C) groups is 1. The molecule has 0 aliphatic carbocycles. The molecule has 0 unspecified atom stereocenters. The molecule has 1 N–H and O–H groups in total. The topological polar surface area (TPSA) is 49.9 Å². The summed E-state index contributed by atoms with van der Waals surface area (Å²) >= 11 is 1.97. The van der Waals surface area contributed by atoms with Crippen molar-refractivity contribution in [2.45, 2.75) is 44.0 Å². The second-order valence-electron chi connectivity index (χ2n) is 4.99. The van der Waals surface area contributed by atoms with Crippen LogP contribution in [-0.2, 0) is 76.7 Å². The van der Waals surface area contributed by atoms with Crippen LogP contribution in [0.1, 0.15) is 26.7 Å². The standard InChI is InChI=1S/C12H22N3OS.3V.W/c1-9(2)17-8-11-4-6-15-5-3-10(7-16)13-12(15)14-11;;;;/h9-11,16H,3-8H2,1-2H3;;;;/q-1;;;;/t10-,11-;;;;/m1..../s1. The van der Waals surface area contributed by atoms with Gasteiger partial charge in [-0.2, -0.15) is 11.8 Å². The van der Waals surface area contributed by atoms with Gasteiger partial charge in [0.05, 0.1) is 6.61 Å². The Bertz CT molecular complexity index is 301. The molecule has 2 heterocycles. The summed E-state index contributed by atoms with van der Waals surface area (Å²) in [6.07, 6.45) is 2.10. The van der Waals surface area contributed by atoms with E-state index in [1.165, 1.54) is 0 Å². The molecule has 0 spiro atoms. The first-order valence-corrected chi connectivity index (χ1v) is 7.50. The van der Waals surface area contributed by atoms with Crippen LogP contribution >= 0.6 is 11.8 Å². The van der Waals surface area contributed by atoms with Crippen LogP contribution in [0.5, 0.6) is 0 Å². The summed E-state index contributed by atoms with van der Waals surface area (Å²) in [6, 6.07) is 0.483. The monoisotopic (exact) mass is 593 g/mol. The first-order valence-electron chi connectivity index (χ1n) is 6.45. The normalized spacial score (nSPS) is 23.2. The summed E-state index contributed by atoms with van der Waals surface area (Å²) in [7, 11) is 0. The van der Waals surface area contributed by atoms with Crippen LogP contribution in [0.2, 0.25) is 0 Å². The molecule has 2 aliphatic heterocycles. The molecule has 119 valence electrons. The Morgan fingerprint density at radius 1 is 1.29 bits per heavy atom. The van der Waals surface area contributed by atoms with Gasteiger partial charge >= 0.3 is 0 Å². The maximum absolute atomic E-state index is 9.15. The average Bonchev–Trinajstić information content (AvgIpc) is 2.35. The van der Waals surface area contributed by atoms with E-state index < -0.39 is 0 Å². The van der Waals surface area contributed by atoms with Crippen LogP contribution in [-0.4, -0.2) is 58.7 Å². The Balaban J connectivity index is -0.000000810. The van der Waals surface area contributed by atoms with Crippen LogP contribution in [0.3, 0.4) is 0 Å². The molecule has 4 nitrogen and oxygen atoms in total. The first kappa shape index (κ1) is 27.9. The number of thioether (sulfide) groups is 1. The van der Waals surface area contributed by atoms with E-state index in [-0.39, 0.29) is 89.4 Å². The zero-order chi connectivity index (χ0) is 12.3. The summed E-state index contributed by atoms with van der Waals surface area (Å²) in [5, 5.41) is 14.5. The fourth-order valence-corrected chi connectivity index (χ4v) is 2.98. The number of guanidine groups is 1. The number of aliphatic hydroxyl groups excluding tert-OH is 1. The molecule has 0 bridgehead atoms. The van der Waals surface area contributed by atoms with Gasteiger partial charge in [-0.25, -0.2) is 0 Å². The minimum Gasteiger partial charge on any atom is -0.426 e. The number of rotatable bonds is 4. The van der Waals surface area contributed by atoms with Crippen molar-refractivity contribution in [3.63, 3.8) is 0 Å². The van der Waals surface area contributed by atoms with Crippen LogP contribution in [0.15, 0.2) is 4.99 Å². The molecule has 0 aromatic heterocycles. The summed E-state index contributed by atoms with van der Waals surface area (Å²) in [5.41, 5.74) is 0. The molecular formula is C12H22N3OSV3W-. The van der Waals surface area contributed by atoms with E-state index in [0.717, 1.165) is 37.6 Å². The van der Waals surface area contributed by atoms with Crippen molar-refractivity contribution >= 4 is 17.7 Å². The molecule has 3 radical (unpaired) electrons. The van der Waals surface area contributed by atoms with Crippen LogP contribution < -0.4 is 0 Å². The molecule has 1 fully saturated rings. The third-order valence-corrected chi connectivity index (χ3v) is 4.42. The van der Waals surface area contributed by atoms with Crippen molar-refractivity contribution in [2.24, 2.45) is 4.99 Å². The van der Waals surface area contributed by atoms with Gasteiger partial charge in [0.2, 0.25) is 0 Å². The molecule has 21 heavy (non-hydrogen) atoms. The van der Waals surface area contributed by atoms with Gasteiger partial charge < -0.3 is 20.3 Å². The van der Waals surface area contributed by atoms with Crippen molar-refractivity contribution in [1.82, 2.24) is 4.90 Å². The summed E-state index contributed by atoms with van der Waals surface area (Å²) in [6.45, 7) is 6.67. The van der Waals surface area contributed by atoms with E-state index in [1.807, 2.05) is 11.8 Å². The Labute approximate surface area is 182 Å². The minimum absolute atomic E-state index is 0. The smallest absolute Gasteiger partial charge is 0.0517 e. The molecule has 0 aromatic rings. The Hall–Kier alpha value is 2.02. The third kappa shape index (κ3) is 9.17. The average molecular weight is 593 g/mol. The van der Waals surface area contributed by atoms with Crippen molar-refractivity contribution in [3.8, 4) is 0 Å². The number of fused-ring (bicyclic) bond motifs is 1. The van der Waals surface area contributed by atoms with Crippen molar-refractivity contribution in [1.29, 1.82) is 0 Å². The second-order valence-corrected chi connectivity index (χ2v) is 6.60. The maximum atomic E-state index is 9.15. The molecule has 9 heteroatoms. The number of aliphatic hydroxyl groups is 1. The summed E-state index contributed by atoms with van der Waals surface area (Å²) in [4.78, 5) is 6.77. The van der Waals surface area contributed by atoms with Gasteiger partial charge in [0.25, 0.3) is 0 Å². The molecule has 0 saturated carbocycles. The molecule has 2 atom stereocenters. The molecule has 2 rings (SSSR count). The zero-order valence-corrected chi connectivity index (χ0v) is 20.4. The van der Waals surface area contributed by atoms with E-state index in [2.05, 4.69) is 23.7 Å². The Kier molecular flexibility index (Phi) is 19.1. The van der Waals surface area contributed by atoms with E-state index in [1.54, 1.807) is 0 Å². The van der Waals surface area contributed by atoms with E-state index >= 15 is 0 Å². The van der Waals surface area contributed by atoms with Crippen LogP contribution in [0, 0.1) is 0 Å². The maximum Gasteiger partial charge on any atom is 0.0517 e. The summed E-state index contributed by atoms with van der Waals surface area (Å²) < 4.78 is 0. The van der Waals surface area contributed by atoms with E-state index in [0.29, 0.717) is 11.3 Å². The fourth-order valence-electron chi connectivity index (χ4n) is 2.13. The van der Waals surface area contributed by atoms with Gasteiger partial charge in [-0.3, -0.25) is 0 Å². The van der Waals surface area contributed by atoms with Gasteiger partial charge in [0.15, 0.2) is 0 Å². The second kappa shape index (κ2) is 14.4. The molecule has 1 saturated heterocycles. The van der Waals surface area contributed by atoms with Crippen molar-refractivity contribution in [3.05, 3.63) is 5.32 Å². The quantitative estimate of drug-likeness (QED) is 0.541. The minimum atomic E-state index is 0. The first-order chi connectivity index (χ1) is 8.19. The van der Waals surface area contributed by atoms with Gasteiger partial charge in [0, 0.05) is 101 Å². The van der Waals surface area contributed by atoms with Crippen molar-refractivity contribution < 1.29 is 81.8 Å². The number of nitrogens with zero attached hydrogens (tertiary/aromatic N) is 3. The van der Waals surface area contributed by atoms with E-state index in [4.69, 9.17) is 10.4 Å². The van der Waals surface area contributed by atoms with Crippen LogP contribution in [0.25, 0.3) is 5.32 Å². The van der Waals surface area contributed by atoms with Gasteiger partial charge in [-0.15, -0.1) is 0 Å². The Morgan fingerprint density at radius 2 is 1.90 bits per heavy atom. The SMILES string of the molecule is CC(C)SC[C@H]1CCN2CC[C@H](CO)N=C2[N-]1.[V].[V].[V].[W]. The number of hydrogen-bond acceptors (Lipinski definition) is 4. The molecule has 0 aromatic carbocycles. The molecule has 0 amide bonds. The van der Waals surface area contributed by atoms with Gasteiger partial charge in [-0.05, 0) is 31.2 Å². The summed E-state index contributed by atoms with van der Waals surface area (Å²) in [5.74, 6) is 1.98. The zero-order valence-electron chi connectivity index (χ0n) is 12.4. The largest absolute Gasteiger partial charge is 0.426 e. The number of hydrogen-bond donors (Lipinski definition) is 1. The van der Waals surface area contributed by atoms with Crippen molar-refractivity contribution in [2.75, 3.05) is 25.4 Å². The van der Waals surface area contributed by atoms with E-state index in [9.17, 15) is 0 Å². The van der Waals surface area contributed by atoms with Gasteiger partial charge in [-0.1, -0.05) is 13.8 Å². The fraction of sp³-hybridized carbons (Fsp3) is 0.917. The Morgan fingerprint density at radius 3 is 2.48 bits per heavy atom. The van der Waals surface area contributed by atoms with Gasteiger partial charge in [0.1, 0.15) is 0 Å². The predicted octanol–water partition coefficient (Wildman–Crippen LogP) is 1.69. The molecular weight excluding hydrogens is 571 g/mol. The molecule has 2 aliphatic rings. The van der Waals surface area contributed by atoms with Crippen LogP contribution in [0.4, 0.5) is 0 Å².